The molecular formula is C16H21ClO3S. The summed E-state index contributed by atoms with van der Waals surface area (Å²) in [6, 6.07) is 5.55. The zero-order valence-corrected chi connectivity index (χ0v) is 14.2. The molecule has 0 aliphatic rings. The minimum absolute atomic E-state index is 0.0288. The van der Waals surface area contributed by atoms with Crippen molar-refractivity contribution in [1.82, 2.24) is 0 Å². The third kappa shape index (κ3) is 5.99. The van der Waals surface area contributed by atoms with Gasteiger partial charge in [0.05, 0.1) is 11.0 Å². The average Bonchev–Trinajstić information content (AvgIpc) is 2.41. The molecule has 1 rings (SSSR count). The van der Waals surface area contributed by atoms with Crippen LogP contribution in [0.4, 0.5) is 0 Å². The van der Waals surface area contributed by atoms with E-state index in [9.17, 15) is 8.42 Å². The lowest BCUT2D eigenvalue weighted by Crippen LogP contribution is -2.22. The molecule has 0 spiro atoms. The topological polar surface area (TPSA) is 43.4 Å². The number of rotatable bonds is 6. The summed E-state index contributed by atoms with van der Waals surface area (Å²) in [5.74, 6) is 7.25. The largest absolute Gasteiger partial charge is 0.493 e. The highest BCUT2D eigenvalue weighted by atomic mass is 35.5. The van der Waals surface area contributed by atoms with E-state index in [2.05, 4.69) is 11.8 Å². The zero-order valence-electron chi connectivity index (χ0n) is 12.6. The summed E-state index contributed by atoms with van der Waals surface area (Å²) in [7, 11) is -3.06. The number of ether oxygens (including phenoxy) is 1. The van der Waals surface area contributed by atoms with Crippen LogP contribution in [0, 0.1) is 18.8 Å². The second-order valence-electron chi connectivity index (χ2n) is 4.98. The minimum atomic E-state index is -3.06. The summed E-state index contributed by atoms with van der Waals surface area (Å²) in [4.78, 5) is 0. The van der Waals surface area contributed by atoms with Gasteiger partial charge in [-0.15, -0.1) is 11.6 Å². The van der Waals surface area contributed by atoms with Crippen molar-refractivity contribution in [3.05, 3.63) is 29.3 Å². The van der Waals surface area contributed by atoms with Crippen molar-refractivity contribution in [1.29, 1.82) is 0 Å². The summed E-state index contributed by atoms with van der Waals surface area (Å²) in [5.41, 5.74) is 1.93. The monoisotopic (exact) mass is 328 g/mol. The summed E-state index contributed by atoms with van der Waals surface area (Å²) in [6.45, 7) is 5.46. The number of hydrogen-bond donors (Lipinski definition) is 0. The lowest BCUT2D eigenvalue weighted by atomic mass is 10.1. The Kier molecular flexibility index (Phi) is 7.07. The van der Waals surface area contributed by atoms with E-state index in [0.29, 0.717) is 18.1 Å². The molecular weight excluding hydrogens is 308 g/mol. The van der Waals surface area contributed by atoms with E-state index >= 15 is 0 Å². The molecule has 1 aromatic rings. The molecule has 116 valence electrons. The minimum Gasteiger partial charge on any atom is -0.493 e. The molecule has 0 bridgehead atoms. The van der Waals surface area contributed by atoms with Gasteiger partial charge >= 0.3 is 0 Å². The Morgan fingerprint density at radius 1 is 1.33 bits per heavy atom. The number of halogens is 1. The summed E-state index contributed by atoms with van der Waals surface area (Å²) >= 11 is 5.58. The van der Waals surface area contributed by atoms with Crippen molar-refractivity contribution >= 4 is 21.4 Å². The zero-order chi connectivity index (χ0) is 15.9. The van der Waals surface area contributed by atoms with Gasteiger partial charge in [0.25, 0.3) is 0 Å². The number of benzene rings is 1. The van der Waals surface area contributed by atoms with Gasteiger partial charge in [0.15, 0.2) is 9.84 Å². The maximum atomic E-state index is 11.7. The molecule has 0 aliphatic heterocycles. The van der Waals surface area contributed by atoms with Gasteiger partial charge in [-0.3, -0.25) is 0 Å². The molecule has 1 aromatic carbocycles. The van der Waals surface area contributed by atoms with Crippen LogP contribution in [0.15, 0.2) is 18.2 Å². The molecule has 5 heteroatoms. The van der Waals surface area contributed by atoms with Crippen LogP contribution in [-0.4, -0.2) is 31.9 Å². The molecule has 0 aliphatic carbocycles. The Bertz CT molecular complexity index is 625. The third-order valence-electron chi connectivity index (χ3n) is 3.00. The maximum Gasteiger partial charge on any atom is 0.155 e. The van der Waals surface area contributed by atoms with E-state index in [1.807, 2.05) is 19.1 Å². The van der Waals surface area contributed by atoms with Crippen molar-refractivity contribution in [3.8, 4) is 17.6 Å². The molecule has 0 amide bonds. The van der Waals surface area contributed by atoms with Gasteiger partial charge in [-0.25, -0.2) is 8.42 Å². The first-order valence-corrected chi connectivity index (χ1v) is 9.11. The van der Waals surface area contributed by atoms with Crippen molar-refractivity contribution < 1.29 is 13.2 Å². The van der Waals surface area contributed by atoms with Crippen LogP contribution in [0.2, 0.25) is 0 Å². The lowest BCUT2D eigenvalue weighted by molar-refractivity contribution is 0.340. The Morgan fingerprint density at radius 3 is 2.62 bits per heavy atom. The molecule has 3 nitrogen and oxygen atoms in total. The van der Waals surface area contributed by atoms with E-state index in [1.54, 1.807) is 19.9 Å². The van der Waals surface area contributed by atoms with E-state index in [1.165, 1.54) is 0 Å². The predicted molar refractivity (Wildman–Crippen MR) is 87.8 cm³/mol. The Labute approximate surface area is 132 Å². The molecule has 0 aromatic heterocycles. The second kappa shape index (κ2) is 8.31. The van der Waals surface area contributed by atoms with Crippen LogP contribution in [-0.2, 0) is 9.84 Å². The van der Waals surface area contributed by atoms with Crippen molar-refractivity contribution in [2.24, 2.45) is 0 Å². The highest BCUT2D eigenvalue weighted by Crippen LogP contribution is 2.17. The van der Waals surface area contributed by atoms with Crippen molar-refractivity contribution in [2.75, 3.05) is 18.2 Å². The fourth-order valence-electron chi connectivity index (χ4n) is 1.58. The molecule has 0 unspecified atom stereocenters. The van der Waals surface area contributed by atoms with Crippen LogP contribution < -0.4 is 4.74 Å². The molecule has 0 radical (unpaired) electrons. The molecule has 0 heterocycles. The number of sulfone groups is 1. The third-order valence-corrected chi connectivity index (χ3v) is 5.36. The number of alkyl halides is 1. The Morgan fingerprint density at radius 2 is 2.05 bits per heavy atom. The standard InChI is InChI=1S/C16H21ClO3S/c1-13(2)21(18,19)11-10-20-16-8-7-15(14(3)12-16)6-4-5-9-17/h7-8,12-13H,5,9-11H2,1-3H3. The smallest absolute Gasteiger partial charge is 0.155 e. The normalized spacial score (nSPS) is 11.1. The Balaban J connectivity index is 2.63. The van der Waals surface area contributed by atoms with Crippen LogP contribution in [0.5, 0.6) is 5.75 Å². The van der Waals surface area contributed by atoms with Gasteiger partial charge in [-0.05, 0) is 44.5 Å². The molecule has 0 atom stereocenters. The highest BCUT2D eigenvalue weighted by molar-refractivity contribution is 7.91. The van der Waals surface area contributed by atoms with Crippen LogP contribution in [0.1, 0.15) is 31.4 Å². The van der Waals surface area contributed by atoms with Crippen molar-refractivity contribution in [2.45, 2.75) is 32.4 Å². The van der Waals surface area contributed by atoms with E-state index < -0.39 is 9.84 Å². The first-order chi connectivity index (χ1) is 9.86. The number of aryl methyl sites for hydroxylation is 1. The first kappa shape index (κ1) is 17.9. The van der Waals surface area contributed by atoms with Gasteiger partial charge in [0.2, 0.25) is 0 Å². The SMILES string of the molecule is Cc1cc(OCCS(=O)(=O)C(C)C)ccc1C#CCCCl. The van der Waals surface area contributed by atoms with Crippen LogP contribution in [0.3, 0.4) is 0 Å². The first-order valence-electron chi connectivity index (χ1n) is 6.86. The predicted octanol–water partition coefficient (Wildman–Crippen LogP) is 3.18. The van der Waals surface area contributed by atoms with E-state index in [0.717, 1.165) is 11.1 Å². The van der Waals surface area contributed by atoms with Gasteiger partial charge in [-0.2, -0.15) is 0 Å². The fourth-order valence-corrected chi connectivity index (χ4v) is 2.46. The summed E-state index contributed by atoms with van der Waals surface area (Å²) in [5, 5.41) is -0.373. The van der Waals surface area contributed by atoms with Gasteiger partial charge in [0, 0.05) is 17.9 Å². The van der Waals surface area contributed by atoms with Crippen molar-refractivity contribution in [3.63, 3.8) is 0 Å². The fraction of sp³-hybridized carbons (Fsp3) is 0.500. The maximum absolute atomic E-state index is 11.7. The second-order valence-corrected chi connectivity index (χ2v) is 8.04. The van der Waals surface area contributed by atoms with Gasteiger partial charge < -0.3 is 4.74 Å². The molecule has 0 saturated carbocycles. The van der Waals surface area contributed by atoms with Crippen LogP contribution in [0.25, 0.3) is 0 Å². The van der Waals surface area contributed by atoms with E-state index in [4.69, 9.17) is 16.3 Å². The van der Waals surface area contributed by atoms with Gasteiger partial charge in [-0.1, -0.05) is 11.8 Å². The quantitative estimate of drug-likeness (QED) is 0.595. The summed E-state index contributed by atoms with van der Waals surface area (Å²) < 4.78 is 28.9. The Hall–Kier alpha value is -1.18. The summed E-state index contributed by atoms with van der Waals surface area (Å²) in [6.07, 6.45) is 0.659. The number of hydrogen-bond acceptors (Lipinski definition) is 3. The molecule has 21 heavy (non-hydrogen) atoms. The molecule has 0 N–H and O–H groups in total. The van der Waals surface area contributed by atoms with Gasteiger partial charge in [0.1, 0.15) is 12.4 Å². The average molecular weight is 329 g/mol. The van der Waals surface area contributed by atoms with E-state index in [-0.39, 0.29) is 17.6 Å². The molecule has 0 fully saturated rings. The van der Waals surface area contributed by atoms with Crippen LogP contribution >= 0.6 is 11.6 Å². The lowest BCUT2D eigenvalue weighted by Gasteiger charge is -2.10. The molecule has 0 saturated heterocycles. The highest BCUT2D eigenvalue weighted by Gasteiger charge is 2.15.